The van der Waals surface area contributed by atoms with Crippen LogP contribution in [0.2, 0.25) is 0 Å². The Hall–Kier alpha value is -0.120. The Morgan fingerprint density at radius 2 is 1.86 bits per heavy atom. The highest BCUT2D eigenvalue weighted by Crippen LogP contribution is 2.42. The number of hydrogen-bond donors (Lipinski definition) is 1. The summed E-state index contributed by atoms with van der Waals surface area (Å²) >= 11 is 0. The molecule has 1 aliphatic carbocycles. The van der Waals surface area contributed by atoms with Crippen molar-refractivity contribution in [1.29, 1.82) is 0 Å². The van der Waals surface area contributed by atoms with Gasteiger partial charge in [0.25, 0.3) is 0 Å². The maximum absolute atomic E-state index is 3.80. The molecule has 3 heteroatoms. The van der Waals surface area contributed by atoms with Crippen molar-refractivity contribution in [3.05, 3.63) is 0 Å². The van der Waals surface area contributed by atoms with E-state index in [0.717, 1.165) is 24.5 Å². The summed E-state index contributed by atoms with van der Waals surface area (Å²) in [5.41, 5.74) is 0.475. The highest BCUT2D eigenvalue weighted by molar-refractivity contribution is 4.98. The summed E-state index contributed by atoms with van der Waals surface area (Å²) in [6.45, 7) is 12.2. The molecule has 3 fully saturated rings. The van der Waals surface area contributed by atoms with Gasteiger partial charge in [-0.1, -0.05) is 20.8 Å². The van der Waals surface area contributed by atoms with Crippen LogP contribution in [0.15, 0.2) is 0 Å². The Morgan fingerprint density at radius 1 is 1.10 bits per heavy atom. The molecule has 2 heterocycles. The summed E-state index contributed by atoms with van der Waals surface area (Å²) in [5.74, 6) is 0.849. The Bertz CT molecular complexity index is 354. The van der Waals surface area contributed by atoms with E-state index in [1.54, 1.807) is 0 Å². The molecule has 1 saturated carbocycles. The number of likely N-dealkylation sites (N-methyl/N-ethyl adjacent to an activating group) is 1. The molecule has 3 aliphatic rings. The fraction of sp³-hybridized carbons (Fsp3) is 1.00. The Labute approximate surface area is 131 Å². The van der Waals surface area contributed by atoms with Crippen molar-refractivity contribution in [2.75, 3.05) is 33.2 Å². The monoisotopic (exact) mass is 293 g/mol. The molecule has 1 N–H and O–H groups in total. The van der Waals surface area contributed by atoms with Crippen LogP contribution in [0.5, 0.6) is 0 Å². The molecule has 4 unspecified atom stereocenters. The van der Waals surface area contributed by atoms with E-state index in [1.807, 2.05) is 0 Å². The summed E-state index contributed by atoms with van der Waals surface area (Å²) in [6.07, 6.45) is 7.03. The average molecular weight is 293 g/mol. The molecule has 2 bridgehead atoms. The van der Waals surface area contributed by atoms with E-state index in [0.29, 0.717) is 11.5 Å². The first kappa shape index (κ1) is 15.8. The van der Waals surface area contributed by atoms with E-state index in [2.05, 4.69) is 42.9 Å². The minimum Gasteiger partial charge on any atom is -0.313 e. The van der Waals surface area contributed by atoms with Crippen LogP contribution in [-0.2, 0) is 0 Å². The maximum Gasteiger partial charge on any atom is 0.0223 e. The maximum atomic E-state index is 3.80. The van der Waals surface area contributed by atoms with Crippen LogP contribution >= 0.6 is 0 Å². The van der Waals surface area contributed by atoms with Crippen LogP contribution in [0.1, 0.15) is 52.9 Å². The fourth-order valence-electron chi connectivity index (χ4n) is 5.25. The standard InChI is InChI=1S/C18H35N3/c1-5-19-17-14(8-10-18(17,2)3)12-21-11-9-15-6-7-16(13-21)20(15)4/h14-17,19H,5-13H2,1-4H3. The predicted molar refractivity (Wildman–Crippen MR) is 89.6 cm³/mol. The number of rotatable bonds is 4. The topological polar surface area (TPSA) is 18.5 Å². The van der Waals surface area contributed by atoms with Crippen LogP contribution in [-0.4, -0.2) is 61.2 Å². The molecule has 2 aliphatic heterocycles. The molecular formula is C18H35N3. The summed E-state index contributed by atoms with van der Waals surface area (Å²) < 4.78 is 0. The molecule has 0 amide bonds. The number of nitrogens with zero attached hydrogens (tertiary/aromatic N) is 2. The molecule has 21 heavy (non-hydrogen) atoms. The van der Waals surface area contributed by atoms with Crippen LogP contribution in [0, 0.1) is 11.3 Å². The Morgan fingerprint density at radius 3 is 2.62 bits per heavy atom. The molecule has 0 radical (unpaired) electrons. The first-order valence-electron chi connectivity index (χ1n) is 9.19. The molecule has 3 nitrogen and oxygen atoms in total. The Kier molecular flexibility index (Phi) is 4.63. The number of fused-ring (bicyclic) bond motifs is 2. The second-order valence-corrected chi connectivity index (χ2v) is 8.42. The molecule has 2 saturated heterocycles. The number of hydrogen-bond acceptors (Lipinski definition) is 3. The van der Waals surface area contributed by atoms with Gasteiger partial charge in [0, 0.05) is 31.2 Å². The number of likely N-dealkylation sites (tertiary alicyclic amines) is 1. The zero-order valence-electron chi connectivity index (χ0n) is 14.6. The summed E-state index contributed by atoms with van der Waals surface area (Å²) in [7, 11) is 2.35. The second-order valence-electron chi connectivity index (χ2n) is 8.42. The second kappa shape index (κ2) is 6.17. The van der Waals surface area contributed by atoms with E-state index in [1.165, 1.54) is 51.7 Å². The van der Waals surface area contributed by atoms with Crippen molar-refractivity contribution in [3.63, 3.8) is 0 Å². The molecule has 0 aromatic rings. The van der Waals surface area contributed by atoms with Crippen LogP contribution < -0.4 is 5.32 Å². The highest BCUT2D eigenvalue weighted by atomic mass is 15.3. The molecule has 0 aromatic carbocycles. The van der Waals surface area contributed by atoms with Gasteiger partial charge in [0.1, 0.15) is 0 Å². The predicted octanol–water partition coefficient (Wildman–Crippen LogP) is 2.57. The summed E-state index contributed by atoms with van der Waals surface area (Å²) in [6, 6.07) is 2.40. The van der Waals surface area contributed by atoms with E-state index < -0.39 is 0 Å². The van der Waals surface area contributed by atoms with Crippen molar-refractivity contribution in [2.24, 2.45) is 11.3 Å². The average Bonchev–Trinajstić information content (AvgIpc) is 2.83. The van der Waals surface area contributed by atoms with E-state index in [-0.39, 0.29) is 0 Å². The zero-order valence-corrected chi connectivity index (χ0v) is 14.6. The van der Waals surface area contributed by atoms with Gasteiger partial charge in [-0.3, -0.25) is 4.90 Å². The van der Waals surface area contributed by atoms with Gasteiger partial charge in [-0.15, -0.1) is 0 Å². The largest absolute Gasteiger partial charge is 0.313 e. The van der Waals surface area contributed by atoms with Gasteiger partial charge in [-0.2, -0.15) is 0 Å². The van der Waals surface area contributed by atoms with Crippen LogP contribution in [0.3, 0.4) is 0 Å². The van der Waals surface area contributed by atoms with Gasteiger partial charge in [0.05, 0.1) is 0 Å². The lowest BCUT2D eigenvalue weighted by molar-refractivity contribution is 0.170. The lowest BCUT2D eigenvalue weighted by atomic mass is 9.84. The van der Waals surface area contributed by atoms with E-state index in [9.17, 15) is 0 Å². The van der Waals surface area contributed by atoms with Crippen molar-refractivity contribution in [2.45, 2.75) is 71.0 Å². The minimum absolute atomic E-state index is 0.475. The van der Waals surface area contributed by atoms with Crippen molar-refractivity contribution >= 4 is 0 Å². The third-order valence-corrected chi connectivity index (χ3v) is 6.62. The highest BCUT2D eigenvalue weighted by Gasteiger charge is 2.43. The number of nitrogens with one attached hydrogen (secondary N) is 1. The van der Waals surface area contributed by atoms with Gasteiger partial charge >= 0.3 is 0 Å². The normalized spacial score (nSPS) is 40.6. The lowest BCUT2D eigenvalue weighted by Crippen LogP contribution is -2.47. The fourth-order valence-corrected chi connectivity index (χ4v) is 5.25. The van der Waals surface area contributed by atoms with Crippen molar-refractivity contribution in [3.8, 4) is 0 Å². The molecule has 122 valence electrons. The summed E-state index contributed by atoms with van der Waals surface area (Å²) in [5, 5.41) is 3.80. The van der Waals surface area contributed by atoms with Gasteiger partial charge in [0.2, 0.25) is 0 Å². The zero-order chi connectivity index (χ0) is 15.0. The van der Waals surface area contributed by atoms with Gasteiger partial charge in [-0.25, -0.2) is 0 Å². The van der Waals surface area contributed by atoms with Crippen molar-refractivity contribution in [1.82, 2.24) is 15.1 Å². The molecular weight excluding hydrogens is 258 g/mol. The third-order valence-electron chi connectivity index (χ3n) is 6.62. The van der Waals surface area contributed by atoms with Crippen LogP contribution in [0.4, 0.5) is 0 Å². The minimum atomic E-state index is 0.475. The van der Waals surface area contributed by atoms with Gasteiger partial charge < -0.3 is 10.2 Å². The van der Waals surface area contributed by atoms with E-state index in [4.69, 9.17) is 0 Å². The van der Waals surface area contributed by atoms with Gasteiger partial charge in [0.15, 0.2) is 0 Å². The third kappa shape index (κ3) is 3.16. The molecule has 0 aromatic heterocycles. The lowest BCUT2D eigenvalue weighted by Gasteiger charge is -2.35. The quantitative estimate of drug-likeness (QED) is 0.859. The summed E-state index contributed by atoms with van der Waals surface area (Å²) in [4.78, 5) is 5.46. The molecule has 3 rings (SSSR count). The Balaban J connectivity index is 1.61. The van der Waals surface area contributed by atoms with E-state index >= 15 is 0 Å². The molecule has 0 spiro atoms. The first-order valence-corrected chi connectivity index (χ1v) is 9.19. The molecule has 4 atom stereocenters. The SMILES string of the molecule is CCNC1C(CN2CCC3CCC(C2)N3C)CCC1(C)C. The van der Waals surface area contributed by atoms with Crippen molar-refractivity contribution < 1.29 is 0 Å². The van der Waals surface area contributed by atoms with Gasteiger partial charge in [-0.05, 0) is 63.6 Å². The smallest absolute Gasteiger partial charge is 0.0223 e. The first-order chi connectivity index (χ1) is 10.0. The van der Waals surface area contributed by atoms with Crippen LogP contribution in [0.25, 0.3) is 0 Å².